The Balaban J connectivity index is 0.992. The van der Waals surface area contributed by atoms with E-state index in [0.717, 1.165) is 45.3 Å². The summed E-state index contributed by atoms with van der Waals surface area (Å²) in [7, 11) is 0. The number of carboxylic acid groups (broad SMARTS) is 1. The molecule has 9 aromatic rings. The number of nitrogens with zero attached hydrogens (tertiary/aromatic N) is 8. The van der Waals surface area contributed by atoms with Gasteiger partial charge in [0.15, 0.2) is 11.6 Å². The number of hydrogen-bond acceptors (Lipinski definition) is 24. The van der Waals surface area contributed by atoms with E-state index in [4.69, 9.17) is 25.7 Å². The van der Waals surface area contributed by atoms with Crippen molar-refractivity contribution in [3.63, 3.8) is 0 Å². The van der Waals surface area contributed by atoms with Gasteiger partial charge in [-0.1, -0.05) is 62.5 Å². The lowest BCUT2D eigenvalue weighted by Gasteiger charge is -2.31. The van der Waals surface area contributed by atoms with Crippen LogP contribution < -0.4 is 21.7 Å². The molecule has 2 aliphatic heterocycles. The Morgan fingerprint density at radius 1 is 0.725 bits per heavy atom. The molecule has 1 fully saturated rings. The summed E-state index contributed by atoms with van der Waals surface area (Å²) in [6.45, 7) is 10.5. The number of rotatable bonds is 13. The fourth-order valence-electron chi connectivity index (χ4n) is 10.3. The summed E-state index contributed by atoms with van der Waals surface area (Å²) in [4.78, 5) is 144. The second-order valence-corrected chi connectivity index (χ2v) is 26.9. The van der Waals surface area contributed by atoms with Gasteiger partial charge in [-0.2, -0.15) is 0 Å². The number of carboxylic acids is 1. The molecule has 7 unspecified atom stereocenters. The third-order valence-electron chi connectivity index (χ3n) is 14.9. The number of phenolic OH excluding ortho intramolecular Hbond substituents is 1. The van der Waals surface area contributed by atoms with Crippen LogP contribution >= 0.6 is 68.0 Å². The Bertz CT molecular complexity index is 4380. The first-order valence-electron chi connectivity index (χ1n) is 27.7. The van der Waals surface area contributed by atoms with Gasteiger partial charge in [-0.05, 0) is 54.7 Å². The molecule has 7 aromatic heterocycles. The maximum absolute atomic E-state index is 15.2. The van der Waals surface area contributed by atoms with Crippen molar-refractivity contribution in [3.8, 4) is 49.1 Å². The van der Waals surface area contributed by atoms with Crippen molar-refractivity contribution in [3.05, 3.63) is 172 Å². The number of allylic oxidation sites excluding steroid dienone is 1. The van der Waals surface area contributed by atoms with Gasteiger partial charge in [0.2, 0.25) is 11.8 Å². The summed E-state index contributed by atoms with van der Waals surface area (Å²) in [5, 5.41) is 61.0. The van der Waals surface area contributed by atoms with E-state index < -0.39 is 96.3 Å². The molecule has 0 aliphatic carbocycles. The molecule has 464 valence electrons. The van der Waals surface area contributed by atoms with Crippen LogP contribution in [-0.4, -0.2) is 120 Å². The van der Waals surface area contributed by atoms with Crippen LogP contribution in [0.2, 0.25) is 0 Å². The topological polar surface area (TPSA) is 373 Å². The number of carbonyl (C=O) groups is 8. The number of hydrogen-bond donors (Lipinski definition) is 8. The number of aryl methyl sites for hydroxylation is 1. The highest BCUT2D eigenvalue weighted by Gasteiger charge is 2.46. The summed E-state index contributed by atoms with van der Waals surface area (Å²) in [5.41, 5.74) is 7.44. The fourth-order valence-corrected chi connectivity index (χ4v) is 15.7. The second kappa shape index (κ2) is 26.7. The molecule has 24 nitrogen and oxygen atoms in total. The van der Waals surface area contributed by atoms with Gasteiger partial charge < -0.3 is 47.0 Å². The molecule has 9 heterocycles. The molecular weight excluding hydrogens is 1290 g/mol. The van der Waals surface area contributed by atoms with E-state index in [1.807, 2.05) is 6.92 Å². The number of aromatic hydroxyl groups is 1. The minimum absolute atomic E-state index is 0.00485. The molecule has 1 saturated heterocycles. The monoisotopic (exact) mass is 1340 g/mol. The number of fused-ring (bicyclic) bond motifs is 16. The molecule has 91 heavy (non-hydrogen) atoms. The third-order valence-corrected chi connectivity index (χ3v) is 20.5. The second-order valence-electron chi connectivity index (χ2n) is 21.3. The SMILES string of the molecule is C=C(CC(=O)C(=C)NC(=O)c1csc(-c2ccc3c(n2)-c2csc(n2)-c2csc(n2)C2C(C)CC(O)N2C(=O)C(Cc2ccc(O)cc2)NC(=O)c2csc(n2)C(C(O)c2ccccc2)CC(=O)c2nc(sc2C)C(CC(N)=O)NC(=O)c2csc-3n2)n1)C(=O)O. The van der Waals surface area contributed by atoms with Gasteiger partial charge in [0.1, 0.15) is 82.9 Å². The van der Waals surface area contributed by atoms with E-state index in [1.165, 1.54) is 55.8 Å². The minimum atomic E-state index is -1.38. The van der Waals surface area contributed by atoms with Gasteiger partial charge in [0.05, 0.1) is 41.0 Å². The number of nitrogens with two attached hydrogens (primary N) is 1. The number of carbonyl (C=O) groups excluding carboxylic acids is 7. The van der Waals surface area contributed by atoms with Crippen LogP contribution in [0.4, 0.5) is 0 Å². The summed E-state index contributed by atoms with van der Waals surface area (Å²) in [6, 6.07) is 14.8. The lowest BCUT2D eigenvalue weighted by molar-refractivity contribution is -0.143. The first kappa shape index (κ1) is 63.3. The standard InChI is InChI=1S/C61H52N12O12S6/c1-26-17-46(78)73-49(26)59-71-42(25-90-59)57-67-38(21-88-57)48-33(14-15-35(64-48)56-70-39(24-89-56)51(80)63-28(3)43(75)16-27(2)61(84)85)54-68-40(22-86-54)52(81)65-36(20-45(62)77)58-72-47(29(4)91-58)44(76)19-34(50(79)31-8-6-5-7-9-31)55-69-41(23-87-55)53(82)66-37(60(73)83)18-30-10-12-32(74)13-11-30/h5-15,21-26,34,36-37,46,49-50,74,78-79H,2-3,16-20H2,1,4H3,(H2,62,77)(H,63,80)(H,65,81)(H,66,82)(H,84,85). The van der Waals surface area contributed by atoms with Crippen molar-refractivity contribution in [1.82, 2.24) is 55.7 Å². The number of Topliss-reactive ketones (excluding diaryl/α,β-unsaturated/α-hetero) is 2. The number of aliphatic hydroxyl groups is 2. The van der Waals surface area contributed by atoms with E-state index in [0.29, 0.717) is 48.0 Å². The number of aromatic nitrogens is 7. The first-order valence-corrected chi connectivity index (χ1v) is 32.9. The number of primary amides is 1. The highest BCUT2D eigenvalue weighted by atomic mass is 32.1. The van der Waals surface area contributed by atoms with Gasteiger partial charge in [-0.25, -0.2) is 39.7 Å². The van der Waals surface area contributed by atoms with Crippen LogP contribution in [0.25, 0.3) is 43.4 Å². The van der Waals surface area contributed by atoms with Gasteiger partial charge >= 0.3 is 5.97 Å². The predicted molar refractivity (Wildman–Crippen MR) is 340 cm³/mol. The minimum Gasteiger partial charge on any atom is -0.508 e. The smallest absolute Gasteiger partial charge is 0.331 e. The molecule has 0 radical (unpaired) electrons. The zero-order chi connectivity index (χ0) is 64.5. The molecule has 7 atom stereocenters. The van der Waals surface area contributed by atoms with Crippen molar-refractivity contribution in [2.75, 3.05) is 0 Å². The van der Waals surface area contributed by atoms with Gasteiger partial charge in [0.25, 0.3) is 17.7 Å². The van der Waals surface area contributed by atoms with Crippen molar-refractivity contribution < 1.29 is 58.8 Å². The zero-order valence-corrected chi connectivity index (χ0v) is 52.8. The number of benzene rings is 2. The highest BCUT2D eigenvalue weighted by molar-refractivity contribution is 7.15. The summed E-state index contributed by atoms with van der Waals surface area (Å²) >= 11 is 6.70. The fraction of sp³-hybridized carbons (Fsp3) is 0.230. The Morgan fingerprint density at radius 2 is 1.36 bits per heavy atom. The van der Waals surface area contributed by atoms with Crippen LogP contribution in [-0.2, 0) is 25.6 Å². The summed E-state index contributed by atoms with van der Waals surface area (Å²) in [5.74, 6) is -7.78. The number of aliphatic hydroxyl groups excluding tert-OH is 2. The molecule has 0 saturated carbocycles. The van der Waals surface area contributed by atoms with E-state index in [-0.39, 0.29) is 91.4 Å². The maximum Gasteiger partial charge on any atom is 0.331 e. The largest absolute Gasteiger partial charge is 0.508 e. The van der Waals surface area contributed by atoms with E-state index in [1.54, 1.807) is 72.3 Å². The summed E-state index contributed by atoms with van der Waals surface area (Å²) < 4.78 is 0. The summed E-state index contributed by atoms with van der Waals surface area (Å²) in [6.07, 6.45) is -3.90. The molecule has 0 spiro atoms. The number of aliphatic carboxylic acids is 1. The molecule has 2 aromatic carbocycles. The Labute approximate surface area is 541 Å². The van der Waals surface area contributed by atoms with Crippen LogP contribution in [0.1, 0.15) is 130 Å². The number of thiazole rings is 6. The molecule has 10 bridgehead atoms. The van der Waals surface area contributed by atoms with Crippen LogP contribution in [0.5, 0.6) is 5.75 Å². The van der Waals surface area contributed by atoms with Crippen LogP contribution in [0, 0.1) is 12.8 Å². The Kier molecular flexibility index (Phi) is 18.5. The lowest BCUT2D eigenvalue weighted by Crippen LogP contribution is -2.52. The van der Waals surface area contributed by atoms with Gasteiger partial charge in [0, 0.05) is 68.1 Å². The Hall–Kier alpha value is -9.27. The third kappa shape index (κ3) is 13.8. The van der Waals surface area contributed by atoms with E-state index >= 15 is 4.79 Å². The Morgan fingerprint density at radius 3 is 2.10 bits per heavy atom. The van der Waals surface area contributed by atoms with Gasteiger partial charge in [-0.3, -0.25) is 33.6 Å². The lowest BCUT2D eigenvalue weighted by atomic mass is 9.90. The first-order chi connectivity index (χ1) is 43.6. The molecule has 30 heteroatoms. The maximum atomic E-state index is 15.2. The average molecular weight is 1340 g/mol. The molecular formula is C61H52N12O12S6. The van der Waals surface area contributed by atoms with E-state index in [2.05, 4.69) is 44.1 Å². The number of pyridine rings is 1. The number of phenols is 1. The molecule has 9 N–H and O–H groups in total. The number of ketones is 2. The van der Waals surface area contributed by atoms with Crippen LogP contribution in [0.3, 0.4) is 0 Å². The highest BCUT2D eigenvalue weighted by Crippen LogP contribution is 2.45. The predicted octanol–water partition coefficient (Wildman–Crippen LogP) is 8.37. The van der Waals surface area contributed by atoms with Gasteiger partial charge in [-0.15, -0.1) is 68.0 Å². The van der Waals surface area contributed by atoms with Crippen molar-refractivity contribution in [2.24, 2.45) is 11.7 Å². The molecule has 2 aliphatic rings. The van der Waals surface area contributed by atoms with Crippen molar-refractivity contribution >= 4 is 115 Å². The normalized spacial score (nSPS) is 19.0. The van der Waals surface area contributed by atoms with E-state index in [9.17, 15) is 54.0 Å². The molecule has 5 amide bonds. The number of nitrogens with one attached hydrogen (secondary N) is 3. The van der Waals surface area contributed by atoms with Crippen LogP contribution in [0.15, 0.2) is 118 Å². The van der Waals surface area contributed by atoms with Crippen molar-refractivity contribution in [1.29, 1.82) is 0 Å². The van der Waals surface area contributed by atoms with Crippen molar-refractivity contribution in [2.45, 2.75) is 82.3 Å². The average Bonchev–Trinajstić information content (AvgIpc) is 1.69. The quantitative estimate of drug-likeness (QED) is 0.0502. The number of amides is 5. The zero-order valence-electron chi connectivity index (χ0n) is 47.9. The molecule has 11 rings (SSSR count).